The lowest BCUT2D eigenvalue weighted by Gasteiger charge is -2.16. The molecule has 3 N–H and O–H groups in total. The highest BCUT2D eigenvalue weighted by Crippen LogP contribution is 2.25. The predicted molar refractivity (Wildman–Crippen MR) is 110 cm³/mol. The second-order valence-electron chi connectivity index (χ2n) is 6.60. The minimum Gasteiger partial charge on any atom is -0.387 e. The zero-order valence-corrected chi connectivity index (χ0v) is 16.5. The van der Waals surface area contributed by atoms with E-state index < -0.39 is 16.1 Å². The predicted octanol–water partition coefficient (Wildman–Crippen LogP) is 3.12. The molecule has 1 unspecified atom stereocenters. The molecule has 0 aliphatic heterocycles. The third-order valence-corrected chi connectivity index (χ3v) is 6.02. The van der Waals surface area contributed by atoms with Gasteiger partial charge in [0.05, 0.1) is 11.0 Å². The maximum atomic E-state index is 12.7. The summed E-state index contributed by atoms with van der Waals surface area (Å²) in [6.45, 7) is 2.89. The quantitative estimate of drug-likeness (QED) is 0.594. The standard InChI is InChI=1S/C21H22N2O4S/c1-14-12-17(23-15(2)24)10-11-21(14)28(26,27)22-13-20(25)19-9-5-7-16-6-3-4-8-18(16)19/h3-12,20,22,25H,13H2,1-2H3,(H,23,24). The fourth-order valence-electron chi connectivity index (χ4n) is 3.15. The topological polar surface area (TPSA) is 95.5 Å². The third kappa shape index (κ3) is 4.39. The summed E-state index contributed by atoms with van der Waals surface area (Å²) >= 11 is 0. The molecule has 3 aromatic rings. The lowest BCUT2D eigenvalue weighted by Crippen LogP contribution is -2.29. The van der Waals surface area contributed by atoms with Crippen molar-refractivity contribution < 1.29 is 18.3 Å². The van der Waals surface area contributed by atoms with Crippen LogP contribution >= 0.6 is 0 Å². The highest BCUT2D eigenvalue weighted by molar-refractivity contribution is 7.89. The number of amides is 1. The van der Waals surface area contributed by atoms with Crippen LogP contribution in [0.25, 0.3) is 10.8 Å². The number of sulfonamides is 1. The summed E-state index contributed by atoms with van der Waals surface area (Å²) < 4.78 is 27.8. The number of rotatable bonds is 6. The van der Waals surface area contributed by atoms with Crippen LogP contribution in [0.3, 0.4) is 0 Å². The Labute approximate surface area is 164 Å². The van der Waals surface area contributed by atoms with E-state index in [1.54, 1.807) is 19.1 Å². The second kappa shape index (κ2) is 8.10. The number of benzene rings is 3. The molecule has 0 fully saturated rings. The average Bonchev–Trinajstić information content (AvgIpc) is 2.65. The van der Waals surface area contributed by atoms with Crippen molar-refractivity contribution in [1.29, 1.82) is 0 Å². The molecule has 1 amide bonds. The van der Waals surface area contributed by atoms with Crippen LogP contribution in [0.2, 0.25) is 0 Å². The molecular weight excluding hydrogens is 376 g/mol. The molecule has 7 heteroatoms. The fraction of sp³-hybridized carbons (Fsp3) is 0.190. The molecule has 0 radical (unpaired) electrons. The summed E-state index contributed by atoms with van der Waals surface area (Å²) in [6.07, 6.45) is -0.986. The maximum Gasteiger partial charge on any atom is 0.240 e. The van der Waals surface area contributed by atoms with Crippen LogP contribution in [0.5, 0.6) is 0 Å². The van der Waals surface area contributed by atoms with Gasteiger partial charge in [-0.15, -0.1) is 0 Å². The van der Waals surface area contributed by atoms with Crippen molar-refractivity contribution in [1.82, 2.24) is 4.72 Å². The van der Waals surface area contributed by atoms with E-state index in [2.05, 4.69) is 10.0 Å². The number of anilines is 1. The number of aliphatic hydroxyl groups is 1. The van der Waals surface area contributed by atoms with Gasteiger partial charge in [0.15, 0.2) is 0 Å². The fourth-order valence-corrected chi connectivity index (χ4v) is 4.41. The van der Waals surface area contributed by atoms with Gasteiger partial charge in [0.1, 0.15) is 0 Å². The Hall–Kier alpha value is -2.74. The van der Waals surface area contributed by atoms with Crippen LogP contribution < -0.4 is 10.0 Å². The Kier molecular flexibility index (Phi) is 5.79. The minimum atomic E-state index is -3.82. The summed E-state index contributed by atoms with van der Waals surface area (Å²) in [6, 6.07) is 17.7. The number of hydrogen-bond acceptors (Lipinski definition) is 4. The normalized spacial score (nSPS) is 12.7. The number of carbonyl (C=O) groups is 1. The molecule has 0 saturated heterocycles. The maximum absolute atomic E-state index is 12.7. The van der Waals surface area contributed by atoms with E-state index >= 15 is 0 Å². The molecular formula is C21H22N2O4S. The highest BCUT2D eigenvalue weighted by Gasteiger charge is 2.20. The Morgan fingerprint density at radius 1 is 1.07 bits per heavy atom. The average molecular weight is 398 g/mol. The van der Waals surface area contributed by atoms with Gasteiger partial charge in [-0.25, -0.2) is 13.1 Å². The summed E-state index contributed by atoms with van der Waals surface area (Å²) in [5.41, 5.74) is 1.69. The molecule has 6 nitrogen and oxygen atoms in total. The summed E-state index contributed by atoms with van der Waals surface area (Å²) in [5.74, 6) is -0.230. The van der Waals surface area contributed by atoms with Crippen molar-refractivity contribution in [2.75, 3.05) is 11.9 Å². The van der Waals surface area contributed by atoms with E-state index in [9.17, 15) is 18.3 Å². The van der Waals surface area contributed by atoms with Crippen molar-refractivity contribution in [3.63, 3.8) is 0 Å². The molecule has 0 bridgehead atoms. The molecule has 28 heavy (non-hydrogen) atoms. The van der Waals surface area contributed by atoms with Gasteiger partial charge in [-0.05, 0) is 47.0 Å². The van der Waals surface area contributed by atoms with Crippen LogP contribution in [0.1, 0.15) is 24.2 Å². The number of hydrogen-bond donors (Lipinski definition) is 3. The molecule has 0 heterocycles. The van der Waals surface area contributed by atoms with Crippen molar-refractivity contribution in [2.45, 2.75) is 24.8 Å². The summed E-state index contributed by atoms with van der Waals surface area (Å²) in [5, 5.41) is 15.0. The second-order valence-corrected chi connectivity index (χ2v) is 8.33. The first-order chi connectivity index (χ1) is 13.3. The SMILES string of the molecule is CC(=O)Nc1ccc(S(=O)(=O)NCC(O)c2cccc3ccccc23)c(C)c1. The zero-order chi connectivity index (χ0) is 20.3. The zero-order valence-electron chi connectivity index (χ0n) is 15.6. The van der Waals surface area contributed by atoms with E-state index in [0.29, 0.717) is 16.8 Å². The van der Waals surface area contributed by atoms with Crippen molar-refractivity contribution in [3.05, 3.63) is 71.8 Å². The Morgan fingerprint density at radius 2 is 1.79 bits per heavy atom. The number of carbonyl (C=O) groups excluding carboxylic acids is 1. The summed E-state index contributed by atoms with van der Waals surface area (Å²) in [7, 11) is -3.82. The minimum absolute atomic E-state index is 0.103. The molecule has 1 atom stereocenters. The molecule has 0 spiro atoms. The van der Waals surface area contributed by atoms with E-state index in [1.165, 1.54) is 19.1 Å². The van der Waals surface area contributed by atoms with Gasteiger partial charge in [0.2, 0.25) is 15.9 Å². The van der Waals surface area contributed by atoms with Crippen LogP contribution in [0, 0.1) is 6.92 Å². The highest BCUT2D eigenvalue weighted by atomic mass is 32.2. The van der Waals surface area contributed by atoms with E-state index in [0.717, 1.165) is 10.8 Å². The Bertz CT molecular complexity index is 1120. The van der Waals surface area contributed by atoms with E-state index in [1.807, 2.05) is 36.4 Å². The van der Waals surface area contributed by atoms with Gasteiger partial charge in [-0.2, -0.15) is 0 Å². The van der Waals surface area contributed by atoms with Crippen LogP contribution in [0.15, 0.2) is 65.6 Å². The Balaban J connectivity index is 1.78. The molecule has 0 aliphatic carbocycles. The van der Waals surface area contributed by atoms with Crippen LogP contribution in [-0.2, 0) is 14.8 Å². The van der Waals surface area contributed by atoms with Crippen LogP contribution in [0.4, 0.5) is 5.69 Å². The molecule has 3 rings (SSSR count). The Morgan fingerprint density at radius 3 is 2.50 bits per heavy atom. The molecule has 0 aromatic heterocycles. The third-order valence-electron chi connectivity index (χ3n) is 4.43. The molecule has 0 aliphatic rings. The first kappa shape index (κ1) is 20.0. The van der Waals surface area contributed by atoms with Crippen molar-refractivity contribution in [3.8, 4) is 0 Å². The van der Waals surface area contributed by atoms with Gasteiger partial charge in [-0.3, -0.25) is 4.79 Å². The number of nitrogens with one attached hydrogen (secondary N) is 2. The molecule has 146 valence electrons. The van der Waals surface area contributed by atoms with E-state index in [4.69, 9.17) is 0 Å². The van der Waals surface area contributed by atoms with Crippen molar-refractivity contribution in [2.24, 2.45) is 0 Å². The first-order valence-electron chi connectivity index (χ1n) is 8.81. The number of aliphatic hydroxyl groups excluding tert-OH is 1. The molecule has 0 saturated carbocycles. The van der Waals surface area contributed by atoms with Crippen LogP contribution in [-0.4, -0.2) is 26.0 Å². The van der Waals surface area contributed by atoms with Gasteiger partial charge < -0.3 is 10.4 Å². The molecule has 3 aromatic carbocycles. The monoisotopic (exact) mass is 398 g/mol. The lowest BCUT2D eigenvalue weighted by atomic mass is 10.0. The van der Waals surface area contributed by atoms with Crippen molar-refractivity contribution >= 4 is 32.4 Å². The first-order valence-corrected chi connectivity index (χ1v) is 10.3. The smallest absolute Gasteiger partial charge is 0.240 e. The summed E-state index contributed by atoms with van der Waals surface area (Å²) in [4.78, 5) is 11.2. The van der Waals surface area contributed by atoms with Gasteiger partial charge in [-0.1, -0.05) is 42.5 Å². The van der Waals surface area contributed by atoms with Gasteiger partial charge in [0, 0.05) is 19.2 Å². The largest absolute Gasteiger partial charge is 0.387 e. The lowest BCUT2D eigenvalue weighted by molar-refractivity contribution is -0.114. The van der Waals surface area contributed by atoms with E-state index in [-0.39, 0.29) is 17.3 Å². The van der Waals surface area contributed by atoms with Gasteiger partial charge in [0.25, 0.3) is 0 Å². The van der Waals surface area contributed by atoms with Gasteiger partial charge >= 0.3 is 0 Å². The number of fused-ring (bicyclic) bond motifs is 1. The number of aryl methyl sites for hydroxylation is 1.